The Morgan fingerprint density at radius 2 is 1.74 bits per heavy atom. The molecule has 0 radical (unpaired) electrons. The van der Waals surface area contributed by atoms with Gasteiger partial charge in [0.25, 0.3) is 0 Å². The zero-order valence-corrected chi connectivity index (χ0v) is 12.4. The van der Waals surface area contributed by atoms with Crippen molar-refractivity contribution in [1.82, 2.24) is 10.2 Å². The van der Waals surface area contributed by atoms with E-state index >= 15 is 0 Å². The Balaban J connectivity index is 1.76. The largest absolute Gasteiger partial charge is 0.492 e. The molecule has 1 N–H and O–H groups in total. The molecule has 0 spiro atoms. The number of nitrogens with zero attached hydrogens (tertiary/aromatic N) is 1. The van der Waals surface area contributed by atoms with E-state index in [0.717, 1.165) is 45.1 Å². The van der Waals surface area contributed by atoms with Gasteiger partial charge >= 0.3 is 0 Å². The van der Waals surface area contributed by atoms with Crippen LogP contribution in [0.25, 0.3) is 0 Å². The van der Waals surface area contributed by atoms with Crippen molar-refractivity contribution in [1.29, 1.82) is 0 Å². The fraction of sp³-hybridized carbons (Fsp3) is 0.625. The fourth-order valence-electron chi connectivity index (χ4n) is 2.28. The average Bonchev–Trinajstić information content (AvgIpc) is 2.39. The fourth-order valence-corrected chi connectivity index (χ4v) is 2.28. The molecule has 1 aliphatic heterocycles. The molecule has 1 heterocycles. The van der Waals surface area contributed by atoms with Crippen LogP contribution in [0.5, 0.6) is 5.75 Å². The normalized spacial score (nSPS) is 17.4. The molecular weight excluding hydrogens is 236 g/mol. The van der Waals surface area contributed by atoms with Crippen LogP contribution in [0.2, 0.25) is 0 Å². The molecule has 1 fully saturated rings. The molecule has 0 aromatic heterocycles. The van der Waals surface area contributed by atoms with Gasteiger partial charge in [-0.1, -0.05) is 32.9 Å². The van der Waals surface area contributed by atoms with Gasteiger partial charge in [0.05, 0.1) is 0 Å². The van der Waals surface area contributed by atoms with Crippen molar-refractivity contribution in [2.45, 2.75) is 26.2 Å². The lowest BCUT2D eigenvalue weighted by molar-refractivity contribution is 0.191. The van der Waals surface area contributed by atoms with Crippen LogP contribution < -0.4 is 10.1 Å². The zero-order valence-electron chi connectivity index (χ0n) is 12.4. The van der Waals surface area contributed by atoms with Crippen molar-refractivity contribution in [2.24, 2.45) is 0 Å². The maximum absolute atomic E-state index is 5.81. The molecule has 0 amide bonds. The lowest BCUT2D eigenvalue weighted by Crippen LogP contribution is -2.44. The molecule has 0 bridgehead atoms. The topological polar surface area (TPSA) is 24.5 Å². The highest BCUT2D eigenvalue weighted by molar-refractivity contribution is 5.31. The summed E-state index contributed by atoms with van der Waals surface area (Å²) in [6.45, 7) is 12.9. The van der Waals surface area contributed by atoms with Crippen molar-refractivity contribution < 1.29 is 4.74 Å². The van der Waals surface area contributed by atoms with Crippen LogP contribution in [0, 0.1) is 0 Å². The number of nitrogens with one attached hydrogen (secondary N) is 1. The third-order valence-electron chi connectivity index (χ3n) is 3.61. The summed E-state index contributed by atoms with van der Waals surface area (Å²) < 4.78 is 5.81. The van der Waals surface area contributed by atoms with E-state index in [1.165, 1.54) is 5.56 Å². The zero-order chi connectivity index (χ0) is 13.7. The van der Waals surface area contributed by atoms with E-state index in [4.69, 9.17) is 4.74 Å². The first-order chi connectivity index (χ1) is 9.05. The van der Waals surface area contributed by atoms with E-state index in [0.29, 0.717) is 0 Å². The molecule has 1 aromatic carbocycles. The molecule has 3 nitrogen and oxygen atoms in total. The highest BCUT2D eigenvalue weighted by Crippen LogP contribution is 2.24. The summed E-state index contributed by atoms with van der Waals surface area (Å²) in [4.78, 5) is 2.44. The first-order valence-electron chi connectivity index (χ1n) is 7.22. The molecule has 0 unspecified atom stereocenters. The first-order valence-corrected chi connectivity index (χ1v) is 7.22. The molecule has 19 heavy (non-hydrogen) atoms. The second kappa shape index (κ2) is 6.40. The molecule has 0 atom stereocenters. The van der Waals surface area contributed by atoms with Crippen molar-refractivity contribution in [3.63, 3.8) is 0 Å². The first kappa shape index (κ1) is 14.4. The summed E-state index contributed by atoms with van der Waals surface area (Å²) in [6.07, 6.45) is 0. The summed E-state index contributed by atoms with van der Waals surface area (Å²) in [5.74, 6) is 0.975. The molecule has 1 aliphatic rings. The van der Waals surface area contributed by atoms with E-state index in [1.807, 2.05) is 0 Å². The van der Waals surface area contributed by atoms with E-state index in [1.54, 1.807) is 0 Å². The van der Waals surface area contributed by atoms with Gasteiger partial charge in [-0.05, 0) is 23.1 Å². The van der Waals surface area contributed by atoms with E-state index in [2.05, 4.69) is 55.3 Å². The van der Waals surface area contributed by atoms with Crippen LogP contribution >= 0.6 is 0 Å². The number of hydrogen-bond acceptors (Lipinski definition) is 3. The minimum Gasteiger partial charge on any atom is -0.492 e. The highest BCUT2D eigenvalue weighted by Gasteiger charge is 2.13. The standard InChI is InChI=1S/C16H26N2O/c1-16(2,3)14-4-6-15(7-5-14)19-13-12-18-10-8-17-9-11-18/h4-7,17H,8-13H2,1-3H3. The third kappa shape index (κ3) is 4.51. The second-order valence-corrected chi connectivity index (χ2v) is 6.21. The van der Waals surface area contributed by atoms with Crippen molar-refractivity contribution in [2.75, 3.05) is 39.3 Å². The van der Waals surface area contributed by atoms with Gasteiger partial charge in [-0.15, -0.1) is 0 Å². The Labute approximate surface area is 116 Å². The summed E-state index contributed by atoms with van der Waals surface area (Å²) in [7, 11) is 0. The number of benzene rings is 1. The monoisotopic (exact) mass is 262 g/mol. The maximum atomic E-state index is 5.81. The lowest BCUT2D eigenvalue weighted by atomic mass is 9.87. The van der Waals surface area contributed by atoms with Gasteiger partial charge in [0.2, 0.25) is 0 Å². The number of ether oxygens (including phenoxy) is 1. The Morgan fingerprint density at radius 3 is 2.32 bits per heavy atom. The van der Waals surface area contributed by atoms with Crippen molar-refractivity contribution in [3.05, 3.63) is 29.8 Å². The van der Waals surface area contributed by atoms with Crippen LogP contribution in [-0.2, 0) is 5.41 Å². The Hall–Kier alpha value is -1.06. The van der Waals surface area contributed by atoms with Gasteiger partial charge in [-0.25, -0.2) is 0 Å². The average molecular weight is 262 g/mol. The Morgan fingerprint density at radius 1 is 1.11 bits per heavy atom. The molecule has 1 aromatic rings. The van der Waals surface area contributed by atoms with Crippen LogP contribution in [0.4, 0.5) is 0 Å². The minimum atomic E-state index is 0.208. The quantitative estimate of drug-likeness (QED) is 0.901. The smallest absolute Gasteiger partial charge is 0.119 e. The lowest BCUT2D eigenvalue weighted by Gasteiger charge is -2.27. The molecule has 106 valence electrons. The summed E-state index contributed by atoms with van der Waals surface area (Å²) in [6, 6.07) is 8.50. The van der Waals surface area contributed by atoms with E-state index in [-0.39, 0.29) is 5.41 Å². The van der Waals surface area contributed by atoms with Crippen LogP contribution in [0.3, 0.4) is 0 Å². The van der Waals surface area contributed by atoms with Gasteiger partial charge in [-0.3, -0.25) is 4.90 Å². The van der Waals surface area contributed by atoms with Gasteiger partial charge < -0.3 is 10.1 Å². The highest BCUT2D eigenvalue weighted by atomic mass is 16.5. The van der Waals surface area contributed by atoms with Gasteiger partial charge in [0.15, 0.2) is 0 Å². The molecule has 0 saturated carbocycles. The Bertz CT molecular complexity index is 375. The Kier molecular flexibility index (Phi) is 4.83. The summed E-state index contributed by atoms with van der Waals surface area (Å²) >= 11 is 0. The minimum absolute atomic E-state index is 0.208. The number of piperazine rings is 1. The number of rotatable bonds is 4. The maximum Gasteiger partial charge on any atom is 0.119 e. The van der Waals surface area contributed by atoms with E-state index in [9.17, 15) is 0 Å². The van der Waals surface area contributed by atoms with Crippen LogP contribution in [0.1, 0.15) is 26.3 Å². The molecule has 3 heteroatoms. The molecular formula is C16H26N2O. The predicted molar refractivity (Wildman–Crippen MR) is 79.9 cm³/mol. The van der Waals surface area contributed by atoms with Crippen molar-refractivity contribution >= 4 is 0 Å². The number of hydrogen-bond donors (Lipinski definition) is 1. The summed E-state index contributed by atoms with van der Waals surface area (Å²) in [5.41, 5.74) is 1.56. The van der Waals surface area contributed by atoms with Gasteiger partial charge in [0.1, 0.15) is 12.4 Å². The second-order valence-electron chi connectivity index (χ2n) is 6.21. The third-order valence-corrected chi connectivity index (χ3v) is 3.61. The van der Waals surface area contributed by atoms with Gasteiger partial charge in [0, 0.05) is 32.7 Å². The van der Waals surface area contributed by atoms with Crippen LogP contribution in [0.15, 0.2) is 24.3 Å². The summed E-state index contributed by atoms with van der Waals surface area (Å²) in [5, 5.41) is 3.36. The SMILES string of the molecule is CC(C)(C)c1ccc(OCCN2CCNCC2)cc1. The molecule has 2 rings (SSSR count). The van der Waals surface area contributed by atoms with Crippen LogP contribution in [-0.4, -0.2) is 44.2 Å². The predicted octanol–water partition coefficient (Wildman–Crippen LogP) is 2.27. The molecule has 0 aliphatic carbocycles. The van der Waals surface area contributed by atoms with E-state index < -0.39 is 0 Å². The van der Waals surface area contributed by atoms with Crippen molar-refractivity contribution in [3.8, 4) is 5.75 Å². The van der Waals surface area contributed by atoms with Gasteiger partial charge in [-0.2, -0.15) is 0 Å². The molecule has 1 saturated heterocycles.